The smallest absolute Gasteiger partial charge is 0.543 e. The van der Waals surface area contributed by atoms with Gasteiger partial charge in [-0.3, -0.25) is 19.3 Å². The molecule has 0 spiro atoms. The second kappa shape index (κ2) is 10.5. The maximum atomic E-state index is 12.6. The fraction of sp³-hybridized carbons (Fsp3) is 0.375. The number of carboxylic acid groups (broad SMARTS) is 1. The number of β-lactam (4-membered cyclic amide) rings is 1. The Balaban J connectivity index is 0.00000341. The van der Waals surface area contributed by atoms with Crippen molar-refractivity contribution < 1.29 is 63.4 Å². The number of oxime groups is 1. The molecule has 3 rings (SSSR count). The van der Waals surface area contributed by atoms with Gasteiger partial charge in [-0.05, 0) is 0 Å². The SMILES string of the molecule is CO/N=C(\C(=O)NC1C(=O)N2C(C(=O)[O-])=C(COC(C)=O)CS[C@H]12)c1csc(N)n1.[Na+]. The number of thioether (sulfide) groups is 1. The summed E-state index contributed by atoms with van der Waals surface area (Å²) in [4.78, 5) is 57.5. The van der Waals surface area contributed by atoms with Crippen molar-refractivity contribution in [2.45, 2.75) is 18.3 Å². The minimum absolute atomic E-state index is 0. The molecular formula is C16H16N5NaO7S2. The Morgan fingerprint density at radius 2 is 2.16 bits per heavy atom. The molecule has 31 heavy (non-hydrogen) atoms. The number of ether oxygens (including phenoxy) is 1. The summed E-state index contributed by atoms with van der Waals surface area (Å²) < 4.78 is 4.85. The number of hydrogen-bond donors (Lipinski definition) is 2. The Labute approximate surface area is 206 Å². The van der Waals surface area contributed by atoms with Crippen LogP contribution in [0, 0.1) is 0 Å². The summed E-state index contributed by atoms with van der Waals surface area (Å²) in [6.07, 6.45) is 0. The minimum Gasteiger partial charge on any atom is -0.543 e. The predicted molar refractivity (Wildman–Crippen MR) is 104 cm³/mol. The van der Waals surface area contributed by atoms with E-state index in [2.05, 4.69) is 20.3 Å². The Kier molecular flexibility index (Phi) is 8.48. The number of anilines is 1. The number of carbonyl (C=O) groups is 4. The van der Waals surface area contributed by atoms with E-state index in [0.29, 0.717) is 0 Å². The molecule has 2 atom stereocenters. The Hall–Kier alpha value is -2.13. The summed E-state index contributed by atoms with van der Waals surface area (Å²) in [5, 5.41) is 18.8. The van der Waals surface area contributed by atoms with Crippen molar-refractivity contribution in [2.75, 3.05) is 25.2 Å². The molecule has 0 bridgehead atoms. The van der Waals surface area contributed by atoms with Crippen molar-refractivity contribution in [3.05, 3.63) is 22.3 Å². The molecule has 1 aromatic rings. The van der Waals surface area contributed by atoms with E-state index in [4.69, 9.17) is 10.5 Å². The van der Waals surface area contributed by atoms with Gasteiger partial charge in [-0.1, -0.05) is 5.16 Å². The quantitative estimate of drug-likeness (QED) is 0.127. The topological polar surface area (TPSA) is 176 Å². The molecule has 2 amide bonds. The number of carbonyl (C=O) groups excluding carboxylic acids is 4. The van der Waals surface area contributed by atoms with Gasteiger partial charge in [-0.2, -0.15) is 0 Å². The Morgan fingerprint density at radius 3 is 2.71 bits per heavy atom. The van der Waals surface area contributed by atoms with Gasteiger partial charge in [0.25, 0.3) is 11.8 Å². The first-order valence-electron chi connectivity index (χ1n) is 8.39. The van der Waals surface area contributed by atoms with Gasteiger partial charge >= 0.3 is 35.5 Å². The number of nitrogens with two attached hydrogens (primary N) is 1. The summed E-state index contributed by atoms with van der Waals surface area (Å²) >= 11 is 2.32. The molecule has 1 saturated heterocycles. The molecule has 3 heterocycles. The third kappa shape index (κ3) is 5.20. The van der Waals surface area contributed by atoms with Crippen LogP contribution in [0.4, 0.5) is 5.13 Å². The number of carboxylic acids is 1. The number of thiazole rings is 1. The second-order valence-corrected chi connectivity index (χ2v) is 8.07. The number of nitrogens with zero attached hydrogens (tertiary/aromatic N) is 3. The number of nitrogens with one attached hydrogen (secondary N) is 1. The van der Waals surface area contributed by atoms with Crippen LogP contribution in [-0.4, -0.2) is 70.2 Å². The molecule has 12 nitrogen and oxygen atoms in total. The molecule has 1 aromatic heterocycles. The molecular weight excluding hydrogens is 461 g/mol. The first-order chi connectivity index (χ1) is 14.2. The standard InChI is InChI=1S/C16H17N5O7S2.Na/c1-6(22)28-3-7-4-29-14-10(13(24)21(14)11(7)15(25)26)19-12(23)9(20-27-2)8-5-30-16(17)18-8;/h5,10,14H,3-4H2,1-2H3,(H2,17,18)(H,19,23)(H,25,26);/q;+1/p-1/b20-9-;/t10?,14-;/m1./s1. The second-order valence-electron chi connectivity index (χ2n) is 6.07. The number of rotatable bonds is 7. The van der Waals surface area contributed by atoms with Gasteiger partial charge in [0.05, 0.1) is 11.7 Å². The molecule has 1 unspecified atom stereocenters. The zero-order chi connectivity index (χ0) is 22.0. The third-order valence-electron chi connectivity index (χ3n) is 4.14. The largest absolute Gasteiger partial charge is 1.00 e. The number of esters is 1. The van der Waals surface area contributed by atoms with E-state index in [-0.39, 0.29) is 69.7 Å². The van der Waals surface area contributed by atoms with Crippen LogP contribution >= 0.6 is 23.1 Å². The molecule has 0 saturated carbocycles. The third-order valence-corrected chi connectivity index (χ3v) is 6.15. The van der Waals surface area contributed by atoms with Crippen LogP contribution in [0.15, 0.2) is 21.8 Å². The van der Waals surface area contributed by atoms with Crippen molar-refractivity contribution in [2.24, 2.45) is 5.16 Å². The van der Waals surface area contributed by atoms with Crippen molar-refractivity contribution in [1.29, 1.82) is 0 Å². The van der Waals surface area contributed by atoms with Gasteiger partial charge in [0.15, 0.2) is 10.8 Å². The van der Waals surface area contributed by atoms with Crippen molar-refractivity contribution >= 4 is 57.7 Å². The van der Waals surface area contributed by atoms with Gasteiger partial charge in [0.2, 0.25) is 0 Å². The number of hydrogen-bond acceptors (Lipinski definition) is 12. The molecule has 160 valence electrons. The van der Waals surface area contributed by atoms with Crippen LogP contribution < -0.4 is 45.7 Å². The number of aliphatic carboxylic acids is 1. The molecule has 2 aliphatic rings. The van der Waals surface area contributed by atoms with Gasteiger partial charge in [0.1, 0.15) is 30.8 Å². The van der Waals surface area contributed by atoms with E-state index >= 15 is 0 Å². The van der Waals surface area contributed by atoms with Crippen LogP contribution in [0.2, 0.25) is 0 Å². The normalized spacial score (nSPS) is 20.3. The fourth-order valence-corrected chi connectivity index (χ4v) is 4.75. The van der Waals surface area contributed by atoms with Crippen LogP contribution in [0.1, 0.15) is 12.6 Å². The van der Waals surface area contributed by atoms with Crippen LogP contribution in [0.5, 0.6) is 0 Å². The number of nitrogen functional groups attached to an aromatic ring is 1. The molecule has 1 fully saturated rings. The summed E-state index contributed by atoms with van der Waals surface area (Å²) in [6.45, 7) is 0.919. The van der Waals surface area contributed by atoms with Crippen molar-refractivity contribution in [1.82, 2.24) is 15.2 Å². The maximum absolute atomic E-state index is 12.6. The van der Waals surface area contributed by atoms with Gasteiger partial charge in [-0.25, -0.2) is 4.98 Å². The monoisotopic (exact) mass is 477 g/mol. The number of fused-ring (bicyclic) bond motifs is 1. The number of amides is 2. The average molecular weight is 477 g/mol. The van der Waals surface area contributed by atoms with Crippen LogP contribution in [0.25, 0.3) is 0 Å². The zero-order valence-corrected chi connectivity index (χ0v) is 20.4. The van der Waals surface area contributed by atoms with Crippen LogP contribution in [0.3, 0.4) is 0 Å². The molecule has 15 heteroatoms. The molecule has 0 aromatic carbocycles. The van der Waals surface area contributed by atoms with Gasteiger partial charge in [-0.15, -0.1) is 23.1 Å². The first-order valence-corrected chi connectivity index (χ1v) is 10.3. The molecule has 0 radical (unpaired) electrons. The van der Waals surface area contributed by atoms with Gasteiger partial charge < -0.3 is 30.5 Å². The maximum Gasteiger partial charge on any atom is 1.00 e. The fourth-order valence-electron chi connectivity index (χ4n) is 2.87. The van der Waals surface area contributed by atoms with E-state index in [1.165, 1.54) is 31.2 Å². The number of aromatic nitrogens is 1. The van der Waals surface area contributed by atoms with E-state index < -0.39 is 35.2 Å². The van der Waals surface area contributed by atoms with E-state index in [0.717, 1.165) is 16.2 Å². The Bertz CT molecular complexity index is 979. The van der Waals surface area contributed by atoms with Crippen LogP contribution in [-0.2, 0) is 28.8 Å². The first kappa shape index (κ1) is 25.1. The summed E-state index contributed by atoms with van der Waals surface area (Å²) in [6, 6.07) is -0.995. The van der Waals surface area contributed by atoms with E-state index in [9.17, 15) is 24.3 Å². The molecule has 0 aliphatic carbocycles. The molecule has 2 aliphatic heterocycles. The predicted octanol–water partition coefficient (Wildman–Crippen LogP) is -4.95. The van der Waals surface area contributed by atoms with Gasteiger partial charge in [0, 0.05) is 23.6 Å². The Morgan fingerprint density at radius 1 is 1.45 bits per heavy atom. The summed E-state index contributed by atoms with van der Waals surface area (Å²) in [7, 11) is 1.25. The van der Waals surface area contributed by atoms with E-state index in [1.807, 2.05) is 0 Å². The molecule has 3 N–H and O–H groups in total. The minimum atomic E-state index is -1.57. The van der Waals surface area contributed by atoms with Crippen molar-refractivity contribution in [3.63, 3.8) is 0 Å². The van der Waals surface area contributed by atoms with E-state index in [1.54, 1.807) is 0 Å². The zero-order valence-electron chi connectivity index (χ0n) is 16.7. The van der Waals surface area contributed by atoms with Crippen molar-refractivity contribution in [3.8, 4) is 0 Å². The summed E-state index contributed by atoms with van der Waals surface area (Å²) in [5.74, 6) is -3.35. The average Bonchev–Trinajstić information content (AvgIpc) is 3.13. The summed E-state index contributed by atoms with van der Waals surface area (Å²) in [5.41, 5.74) is 5.46.